The molecule has 1 unspecified atom stereocenters. The molecule has 0 spiro atoms. The second-order valence-electron chi connectivity index (χ2n) is 5.43. The molecule has 26 heavy (non-hydrogen) atoms. The molecule has 1 fully saturated rings. The number of aromatic nitrogens is 2. The van der Waals surface area contributed by atoms with Crippen LogP contribution in [0.25, 0.3) is 0 Å². The molecule has 0 saturated carbocycles. The maximum atomic E-state index is 12.7. The number of nitrogens with zero attached hydrogens (tertiary/aromatic N) is 3. The highest BCUT2D eigenvalue weighted by atomic mass is 32.2. The molecule has 0 bridgehead atoms. The van der Waals surface area contributed by atoms with Gasteiger partial charge in [0.1, 0.15) is 16.7 Å². The Kier molecular flexibility index (Phi) is 5.01. The number of sulfonamides is 1. The van der Waals surface area contributed by atoms with Gasteiger partial charge in [0.25, 0.3) is 0 Å². The number of halogens is 3. The molecule has 1 aromatic carbocycles. The molecule has 2 heterocycles. The third-order valence-corrected chi connectivity index (χ3v) is 5.53. The molecule has 0 aliphatic carbocycles. The highest BCUT2D eigenvalue weighted by molar-refractivity contribution is 7.89. The molecule has 140 valence electrons. The Bertz CT molecular complexity index is 862. The predicted molar refractivity (Wildman–Crippen MR) is 82.9 cm³/mol. The summed E-state index contributed by atoms with van der Waals surface area (Å²) in [5, 5.41) is 0. The van der Waals surface area contributed by atoms with Crippen molar-refractivity contribution in [2.75, 3.05) is 13.1 Å². The van der Waals surface area contributed by atoms with Crippen LogP contribution in [-0.4, -0.2) is 48.2 Å². The molecule has 0 radical (unpaired) electrons. The molecule has 1 aliphatic rings. The fourth-order valence-electron chi connectivity index (χ4n) is 2.54. The van der Waals surface area contributed by atoms with Gasteiger partial charge in [0.05, 0.1) is 12.7 Å². The molecule has 11 heteroatoms. The molecule has 1 atom stereocenters. The quantitative estimate of drug-likeness (QED) is 0.780. The highest BCUT2D eigenvalue weighted by Gasteiger charge is 2.38. The summed E-state index contributed by atoms with van der Waals surface area (Å²) < 4.78 is 73.5. The van der Waals surface area contributed by atoms with E-state index in [0.717, 1.165) is 16.4 Å². The van der Waals surface area contributed by atoms with Gasteiger partial charge >= 0.3 is 6.36 Å². The van der Waals surface area contributed by atoms with Crippen LogP contribution in [0.2, 0.25) is 0 Å². The van der Waals surface area contributed by atoms with Gasteiger partial charge in [0.15, 0.2) is 0 Å². The first-order valence-electron chi connectivity index (χ1n) is 7.53. The Balaban J connectivity index is 1.77. The van der Waals surface area contributed by atoms with Crippen molar-refractivity contribution in [1.82, 2.24) is 14.3 Å². The van der Waals surface area contributed by atoms with Gasteiger partial charge in [0.2, 0.25) is 15.9 Å². The fourth-order valence-corrected chi connectivity index (χ4v) is 4.14. The standard InChI is InChI=1S/C15H14F3N3O4S/c16-15(17,18)25-12-3-1-2-4-13(12)26(22,23)21-8-5-11(10-21)24-14-9-19-6-7-20-14/h1-4,6-7,9,11H,5,8,10H2. The number of alkyl halides is 3. The summed E-state index contributed by atoms with van der Waals surface area (Å²) in [5.74, 6) is -0.518. The van der Waals surface area contributed by atoms with Gasteiger partial charge in [-0.25, -0.2) is 13.4 Å². The monoisotopic (exact) mass is 389 g/mol. The Hall–Kier alpha value is -2.40. The Morgan fingerprint density at radius 1 is 1.19 bits per heavy atom. The number of hydrogen-bond donors (Lipinski definition) is 0. The van der Waals surface area contributed by atoms with E-state index in [1.165, 1.54) is 30.7 Å². The fraction of sp³-hybridized carbons (Fsp3) is 0.333. The molecule has 1 aromatic heterocycles. The summed E-state index contributed by atoms with van der Waals surface area (Å²) in [6.07, 6.45) is -0.799. The average molecular weight is 389 g/mol. The molecular formula is C15H14F3N3O4S. The lowest BCUT2D eigenvalue weighted by Gasteiger charge is -2.19. The van der Waals surface area contributed by atoms with Gasteiger partial charge in [-0.05, 0) is 18.6 Å². The summed E-state index contributed by atoms with van der Waals surface area (Å²) in [6.45, 7) is 0.0902. The normalized spacial score (nSPS) is 18.7. The van der Waals surface area contributed by atoms with Crippen LogP contribution in [-0.2, 0) is 10.0 Å². The summed E-state index contributed by atoms with van der Waals surface area (Å²) in [5.41, 5.74) is 0. The third kappa shape index (κ3) is 4.22. The number of benzene rings is 1. The second kappa shape index (κ2) is 7.08. The van der Waals surface area contributed by atoms with Crippen LogP contribution in [0.5, 0.6) is 11.6 Å². The summed E-state index contributed by atoms with van der Waals surface area (Å²) >= 11 is 0. The van der Waals surface area contributed by atoms with Crippen molar-refractivity contribution < 1.29 is 31.1 Å². The lowest BCUT2D eigenvalue weighted by molar-refractivity contribution is -0.275. The van der Waals surface area contributed by atoms with Crippen LogP contribution in [0.3, 0.4) is 0 Å². The van der Waals surface area contributed by atoms with Gasteiger partial charge in [-0.1, -0.05) is 12.1 Å². The first-order chi connectivity index (χ1) is 12.3. The number of para-hydroxylation sites is 1. The zero-order valence-electron chi connectivity index (χ0n) is 13.3. The van der Waals surface area contributed by atoms with E-state index in [0.29, 0.717) is 6.42 Å². The van der Waals surface area contributed by atoms with Gasteiger partial charge in [0, 0.05) is 18.9 Å². The van der Waals surface area contributed by atoms with Crippen molar-refractivity contribution in [2.45, 2.75) is 23.8 Å². The first-order valence-corrected chi connectivity index (χ1v) is 8.97. The minimum Gasteiger partial charge on any atom is -0.472 e. The number of rotatable bonds is 5. The van der Waals surface area contributed by atoms with E-state index in [9.17, 15) is 21.6 Å². The van der Waals surface area contributed by atoms with Crippen LogP contribution in [0.4, 0.5) is 13.2 Å². The largest absolute Gasteiger partial charge is 0.573 e. The average Bonchev–Trinajstić information content (AvgIpc) is 3.04. The second-order valence-corrected chi connectivity index (χ2v) is 7.34. The van der Waals surface area contributed by atoms with Crippen molar-refractivity contribution in [3.05, 3.63) is 42.9 Å². The smallest absolute Gasteiger partial charge is 0.472 e. The van der Waals surface area contributed by atoms with E-state index < -0.39 is 33.1 Å². The van der Waals surface area contributed by atoms with Gasteiger partial charge in [-0.15, -0.1) is 13.2 Å². The Morgan fingerprint density at radius 3 is 2.65 bits per heavy atom. The summed E-state index contributed by atoms with van der Waals surface area (Å²) in [7, 11) is -4.17. The van der Waals surface area contributed by atoms with Crippen LogP contribution in [0, 0.1) is 0 Å². The zero-order chi connectivity index (χ0) is 18.8. The lowest BCUT2D eigenvalue weighted by atomic mass is 10.3. The van der Waals surface area contributed by atoms with Crippen molar-refractivity contribution in [3.8, 4) is 11.6 Å². The molecule has 2 aromatic rings. The van der Waals surface area contributed by atoms with E-state index in [1.54, 1.807) is 0 Å². The third-order valence-electron chi connectivity index (χ3n) is 3.63. The van der Waals surface area contributed by atoms with E-state index in [2.05, 4.69) is 14.7 Å². The maximum absolute atomic E-state index is 12.7. The van der Waals surface area contributed by atoms with E-state index in [4.69, 9.17) is 4.74 Å². The van der Waals surface area contributed by atoms with Crippen LogP contribution >= 0.6 is 0 Å². The van der Waals surface area contributed by atoms with Crippen molar-refractivity contribution >= 4 is 10.0 Å². The SMILES string of the molecule is O=S(=O)(c1ccccc1OC(F)(F)F)N1CCC(Oc2cnccn2)C1. The van der Waals surface area contributed by atoms with E-state index >= 15 is 0 Å². The highest BCUT2D eigenvalue weighted by Crippen LogP contribution is 2.32. The van der Waals surface area contributed by atoms with Crippen LogP contribution in [0.1, 0.15) is 6.42 Å². The van der Waals surface area contributed by atoms with Gasteiger partial charge in [-0.3, -0.25) is 4.98 Å². The number of ether oxygens (including phenoxy) is 2. The minimum atomic E-state index is -4.99. The predicted octanol–water partition coefficient (Wildman–Crippen LogP) is 2.22. The minimum absolute atomic E-state index is 0.0146. The zero-order valence-corrected chi connectivity index (χ0v) is 14.1. The number of hydrogen-bond acceptors (Lipinski definition) is 6. The topological polar surface area (TPSA) is 81.6 Å². The summed E-state index contributed by atoms with van der Waals surface area (Å²) in [6, 6.07) is 4.64. The molecule has 7 nitrogen and oxygen atoms in total. The summed E-state index contributed by atoms with van der Waals surface area (Å²) in [4.78, 5) is 7.25. The molecule has 3 rings (SSSR count). The first kappa shape index (κ1) is 18.4. The van der Waals surface area contributed by atoms with Gasteiger partial charge < -0.3 is 9.47 Å². The van der Waals surface area contributed by atoms with Gasteiger partial charge in [-0.2, -0.15) is 4.31 Å². The Morgan fingerprint density at radius 2 is 1.96 bits per heavy atom. The molecule has 1 saturated heterocycles. The molecular weight excluding hydrogens is 375 g/mol. The molecule has 0 N–H and O–H groups in total. The maximum Gasteiger partial charge on any atom is 0.573 e. The van der Waals surface area contributed by atoms with E-state index in [1.807, 2.05) is 0 Å². The van der Waals surface area contributed by atoms with Crippen molar-refractivity contribution in [3.63, 3.8) is 0 Å². The lowest BCUT2D eigenvalue weighted by Crippen LogP contribution is -2.32. The Labute approximate surface area is 147 Å². The van der Waals surface area contributed by atoms with Crippen molar-refractivity contribution in [2.24, 2.45) is 0 Å². The molecule has 1 aliphatic heterocycles. The van der Waals surface area contributed by atoms with Crippen molar-refractivity contribution in [1.29, 1.82) is 0 Å². The molecule has 0 amide bonds. The van der Waals surface area contributed by atoms with E-state index in [-0.39, 0.29) is 19.0 Å². The van der Waals surface area contributed by atoms with Crippen LogP contribution < -0.4 is 9.47 Å². The van der Waals surface area contributed by atoms with Crippen LogP contribution in [0.15, 0.2) is 47.8 Å².